The maximum Gasteiger partial charge on any atom is 0.264 e. The molecule has 0 radical (unpaired) electrons. The lowest BCUT2D eigenvalue weighted by Crippen LogP contribution is -2.32. The molecule has 1 amide bonds. The van der Waals surface area contributed by atoms with Gasteiger partial charge in [-0.05, 0) is 42.6 Å². The first-order chi connectivity index (χ1) is 15.0. The molecule has 0 bridgehead atoms. The summed E-state index contributed by atoms with van der Waals surface area (Å²) in [7, 11) is 0. The van der Waals surface area contributed by atoms with Gasteiger partial charge in [0.1, 0.15) is 5.56 Å². The van der Waals surface area contributed by atoms with Gasteiger partial charge in [0, 0.05) is 28.5 Å². The van der Waals surface area contributed by atoms with Crippen molar-refractivity contribution < 1.29 is 4.79 Å². The number of rotatable bonds is 4. The molecule has 5 rings (SSSR count). The largest absolute Gasteiger partial charge is 0.381 e. The molecule has 4 aromatic heterocycles. The van der Waals surface area contributed by atoms with Gasteiger partial charge in [-0.1, -0.05) is 18.2 Å². The molecule has 31 heavy (non-hydrogen) atoms. The minimum atomic E-state index is -0.482. The van der Waals surface area contributed by atoms with Crippen molar-refractivity contribution in [1.29, 1.82) is 0 Å². The van der Waals surface area contributed by atoms with Crippen LogP contribution in [0.3, 0.4) is 0 Å². The second-order valence-corrected chi connectivity index (χ2v) is 8.03. The maximum atomic E-state index is 13.3. The normalized spacial score (nSPS) is 12.3. The van der Waals surface area contributed by atoms with Crippen LogP contribution < -0.4 is 16.6 Å². The number of hydrogen-bond acceptors (Lipinski definition) is 6. The Morgan fingerprint density at radius 1 is 1.19 bits per heavy atom. The van der Waals surface area contributed by atoms with Crippen molar-refractivity contribution >= 4 is 38.8 Å². The van der Waals surface area contributed by atoms with E-state index in [1.54, 1.807) is 23.0 Å². The minimum Gasteiger partial charge on any atom is -0.381 e. The second kappa shape index (κ2) is 7.37. The highest BCUT2D eigenvalue weighted by Gasteiger charge is 2.23. The Bertz CT molecular complexity index is 1480. The number of hydrogen-bond donors (Lipinski definition) is 2. The number of benzene rings is 1. The number of carbonyl (C=O) groups excluding carboxylic acids is 1. The number of thiophene rings is 1. The molecular formula is C22H18N6O2S. The number of nitrogens with two attached hydrogens (primary N) is 1. The van der Waals surface area contributed by atoms with E-state index >= 15 is 0 Å². The monoisotopic (exact) mass is 430 g/mol. The first-order valence-corrected chi connectivity index (χ1v) is 10.5. The van der Waals surface area contributed by atoms with Gasteiger partial charge in [0.2, 0.25) is 0 Å². The second-order valence-electron chi connectivity index (χ2n) is 7.09. The lowest BCUT2D eigenvalue weighted by atomic mass is 10.1. The van der Waals surface area contributed by atoms with Crippen LogP contribution in [0.2, 0.25) is 0 Å². The fourth-order valence-corrected chi connectivity index (χ4v) is 4.49. The van der Waals surface area contributed by atoms with Crippen LogP contribution >= 0.6 is 11.3 Å². The fourth-order valence-electron chi connectivity index (χ4n) is 3.67. The number of fused-ring (bicyclic) bond motifs is 2. The highest BCUT2D eigenvalue weighted by Crippen LogP contribution is 2.25. The average molecular weight is 430 g/mol. The summed E-state index contributed by atoms with van der Waals surface area (Å²) < 4.78 is 3.97. The van der Waals surface area contributed by atoms with Crippen molar-refractivity contribution in [2.75, 3.05) is 5.73 Å². The highest BCUT2D eigenvalue weighted by molar-refractivity contribution is 7.17. The Labute approximate surface area is 180 Å². The zero-order chi connectivity index (χ0) is 21.5. The van der Waals surface area contributed by atoms with Crippen molar-refractivity contribution in [2.24, 2.45) is 0 Å². The molecule has 5 aromatic rings. The van der Waals surface area contributed by atoms with Crippen LogP contribution in [0.4, 0.5) is 5.82 Å². The number of pyridine rings is 1. The lowest BCUT2D eigenvalue weighted by Gasteiger charge is -2.20. The molecular weight excluding hydrogens is 412 g/mol. The topological polar surface area (TPSA) is 107 Å². The van der Waals surface area contributed by atoms with E-state index in [9.17, 15) is 9.59 Å². The Kier molecular flexibility index (Phi) is 4.52. The fraction of sp³-hybridized carbons (Fsp3) is 0.0909. The lowest BCUT2D eigenvalue weighted by molar-refractivity contribution is 0.0941. The molecule has 0 aliphatic rings. The van der Waals surface area contributed by atoms with E-state index < -0.39 is 11.9 Å². The predicted octanol–water partition coefficient (Wildman–Crippen LogP) is 3.17. The predicted molar refractivity (Wildman–Crippen MR) is 121 cm³/mol. The number of nitrogens with one attached hydrogen (secondary N) is 1. The van der Waals surface area contributed by atoms with Gasteiger partial charge in [0.25, 0.3) is 11.5 Å². The van der Waals surface area contributed by atoms with E-state index in [1.807, 2.05) is 54.8 Å². The molecule has 8 nitrogen and oxygen atoms in total. The van der Waals surface area contributed by atoms with Crippen molar-refractivity contribution in [3.8, 4) is 5.69 Å². The molecule has 3 N–H and O–H groups in total. The zero-order valence-electron chi connectivity index (χ0n) is 16.5. The van der Waals surface area contributed by atoms with Gasteiger partial charge in [0.05, 0.1) is 11.4 Å². The number of aromatic nitrogens is 4. The van der Waals surface area contributed by atoms with Crippen LogP contribution in [0.5, 0.6) is 0 Å². The quantitative estimate of drug-likeness (QED) is 0.455. The van der Waals surface area contributed by atoms with Crippen molar-refractivity contribution in [2.45, 2.75) is 13.0 Å². The summed E-state index contributed by atoms with van der Waals surface area (Å²) in [6.07, 6.45) is 3.26. The first kappa shape index (κ1) is 19.0. The molecule has 1 aromatic carbocycles. The molecule has 0 saturated carbocycles. The summed E-state index contributed by atoms with van der Waals surface area (Å²) >= 11 is 1.49. The molecule has 9 heteroatoms. The van der Waals surface area contributed by atoms with E-state index in [0.717, 1.165) is 10.4 Å². The Balaban J connectivity index is 1.60. The van der Waals surface area contributed by atoms with Crippen LogP contribution in [-0.4, -0.2) is 25.1 Å². The number of para-hydroxylation sites is 1. The van der Waals surface area contributed by atoms with Gasteiger partial charge in [-0.3, -0.25) is 14.2 Å². The average Bonchev–Trinajstić information content (AvgIpc) is 3.37. The number of anilines is 1. The van der Waals surface area contributed by atoms with Gasteiger partial charge < -0.3 is 11.1 Å². The van der Waals surface area contributed by atoms with Gasteiger partial charge >= 0.3 is 0 Å². The molecule has 4 heterocycles. The Morgan fingerprint density at radius 3 is 2.81 bits per heavy atom. The summed E-state index contributed by atoms with van der Waals surface area (Å²) in [6.45, 7) is 1.83. The third-order valence-corrected chi connectivity index (χ3v) is 5.98. The smallest absolute Gasteiger partial charge is 0.264 e. The Morgan fingerprint density at radius 2 is 2.00 bits per heavy atom. The van der Waals surface area contributed by atoms with Crippen LogP contribution in [0.15, 0.2) is 71.1 Å². The summed E-state index contributed by atoms with van der Waals surface area (Å²) in [4.78, 5) is 30.6. The molecule has 0 spiro atoms. The summed E-state index contributed by atoms with van der Waals surface area (Å²) in [5, 5.41) is 9.64. The maximum absolute atomic E-state index is 13.3. The number of nitrogen functional groups attached to an aromatic ring is 1. The highest BCUT2D eigenvalue weighted by atomic mass is 32.1. The molecule has 1 unspecified atom stereocenters. The number of carbonyl (C=O) groups is 1. The summed E-state index contributed by atoms with van der Waals surface area (Å²) in [6, 6.07) is 14.4. The third-order valence-electron chi connectivity index (χ3n) is 5.12. The summed E-state index contributed by atoms with van der Waals surface area (Å²) in [5.74, 6) is -0.311. The molecule has 1 atom stereocenters. The van der Waals surface area contributed by atoms with E-state index in [1.165, 1.54) is 15.9 Å². The van der Waals surface area contributed by atoms with Gasteiger partial charge in [0.15, 0.2) is 11.5 Å². The Hall–Kier alpha value is -3.98. The van der Waals surface area contributed by atoms with E-state index in [-0.39, 0.29) is 16.9 Å². The molecule has 0 aliphatic heterocycles. The summed E-state index contributed by atoms with van der Waals surface area (Å²) in [5.41, 5.74) is 7.84. The zero-order valence-corrected chi connectivity index (χ0v) is 17.3. The van der Waals surface area contributed by atoms with Crippen molar-refractivity contribution in [1.82, 2.24) is 24.5 Å². The molecule has 0 saturated heterocycles. The van der Waals surface area contributed by atoms with E-state index in [4.69, 9.17) is 5.73 Å². The van der Waals surface area contributed by atoms with Gasteiger partial charge in [-0.2, -0.15) is 0 Å². The van der Waals surface area contributed by atoms with Crippen LogP contribution in [0.1, 0.15) is 29.0 Å². The van der Waals surface area contributed by atoms with Crippen molar-refractivity contribution in [3.63, 3.8) is 0 Å². The van der Waals surface area contributed by atoms with Crippen LogP contribution in [0.25, 0.3) is 21.4 Å². The number of nitrogens with zero attached hydrogens (tertiary/aromatic N) is 4. The van der Waals surface area contributed by atoms with E-state index in [0.29, 0.717) is 16.7 Å². The van der Waals surface area contributed by atoms with Gasteiger partial charge in [-0.15, -0.1) is 16.4 Å². The standard InChI is InChI=1S/C22H18N6O2S/c1-13(25-21(29)18-19(23)26-27-10-5-9-24-20(18)27)16-12-17-15(8-11-31-17)22(30)28(16)14-6-3-2-4-7-14/h2-13H,1H3,(H2,23,26)(H,25,29). The van der Waals surface area contributed by atoms with Crippen molar-refractivity contribution in [3.05, 3.63) is 87.9 Å². The minimum absolute atomic E-state index is 0.0950. The SMILES string of the molecule is CC(NC(=O)c1c(N)nn2cccnc12)c1cc2sccc2c(=O)n1-c1ccccc1. The first-order valence-electron chi connectivity index (χ1n) is 9.63. The van der Waals surface area contributed by atoms with Gasteiger partial charge in [-0.25, -0.2) is 9.50 Å². The van der Waals surface area contributed by atoms with E-state index in [2.05, 4.69) is 15.4 Å². The van der Waals surface area contributed by atoms with Crippen LogP contribution in [0, 0.1) is 0 Å². The third kappa shape index (κ3) is 3.15. The van der Waals surface area contributed by atoms with Crippen LogP contribution in [-0.2, 0) is 0 Å². The molecule has 0 fully saturated rings. The number of amides is 1. The molecule has 154 valence electrons. The molecule has 0 aliphatic carbocycles.